The molecule has 0 atom stereocenters. The summed E-state index contributed by atoms with van der Waals surface area (Å²) in [7, 11) is 0. The topological polar surface area (TPSA) is 93.3 Å². The summed E-state index contributed by atoms with van der Waals surface area (Å²) in [6, 6.07) is 14.1. The number of hydrogen-bond donors (Lipinski definition) is 0. The van der Waals surface area contributed by atoms with Gasteiger partial charge in [0.1, 0.15) is 19.0 Å². The van der Waals surface area contributed by atoms with Gasteiger partial charge in [-0.25, -0.2) is 4.39 Å². The largest absolute Gasteiger partial charge is 0.486 e. The second-order valence-corrected chi connectivity index (χ2v) is 8.90. The Balaban J connectivity index is 1.36. The Morgan fingerprint density at radius 3 is 2.74 bits per heavy atom. The second kappa shape index (κ2) is 9.73. The van der Waals surface area contributed by atoms with Gasteiger partial charge >= 0.3 is 0 Å². The minimum atomic E-state index is -0.356. The Labute approximate surface area is 200 Å². The van der Waals surface area contributed by atoms with Crippen LogP contribution >= 0.6 is 11.8 Å². The van der Waals surface area contributed by atoms with Gasteiger partial charge in [0, 0.05) is 24.3 Å². The number of ether oxygens (including phenoxy) is 2. The number of anilines is 1. The zero-order chi connectivity index (χ0) is 23.5. The third-order valence-corrected chi connectivity index (χ3v) is 6.53. The van der Waals surface area contributed by atoms with E-state index in [9.17, 15) is 9.18 Å². The first-order chi connectivity index (χ1) is 16.7. The van der Waals surface area contributed by atoms with Crippen molar-refractivity contribution in [2.75, 3.05) is 30.4 Å². The van der Waals surface area contributed by atoms with E-state index in [1.807, 2.05) is 4.57 Å². The maximum atomic E-state index is 14.4. The minimum Gasteiger partial charge on any atom is -0.486 e. The number of nitriles is 1. The Kier molecular flexibility index (Phi) is 6.36. The highest BCUT2D eigenvalue weighted by molar-refractivity contribution is 7.99. The molecule has 1 aromatic heterocycles. The van der Waals surface area contributed by atoms with E-state index in [0.717, 1.165) is 12.8 Å². The van der Waals surface area contributed by atoms with Crippen molar-refractivity contribution in [3.05, 3.63) is 48.3 Å². The number of carbonyl (C=O) groups is 1. The quantitative estimate of drug-likeness (QED) is 0.446. The van der Waals surface area contributed by atoms with Crippen LogP contribution in [0.2, 0.25) is 0 Å². The Hall–Kier alpha value is -3.58. The maximum Gasteiger partial charge on any atom is 0.237 e. The molecule has 0 saturated heterocycles. The van der Waals surface area contributed by atoms with Crippen molar-refractivity contribution in [2.24, 2.45) is 0 Å². The predicted molar refractivity (Wildman–Crippen MR) is 124 cm³/mol. The van der Waals surface area contributed by atoms with Gasteiger partial charge in [-0.15, -0.1) is 10.2 Å². The van der Waals surface area contributed by atoms with E-state index in [1.165, 1.54) is 17.8 Å². The molecule has 0 N–H and O–H groups in total. The average molecular weight is 480 g/mol. The molecule has 34 heavy (non-hydrogen) atoms. The highest BCUT2D eigenvalue weighted by Gasteiger charge is 2.31. The number of benzene rings is 2. The van der Waals surface area contributed by atoms with Gasteiger partial charge < -0.3 is 14.4 Å². The third kappa shape index (κ3) is 4.56. The van der Waals surface area contributed by atoms with Gasteiger partial charge in [-0.1, -0.05) is 23.9 Å². The summed E-state index contributed by atoms with van der Waals surface area (Å²) < 4.78 is 27.5. The summed E-state index contributed by atoms with van der Waals surface area (Å²) in [5.41, 5.74) is 1.04. The molecule has 0 radical (unpaired) electrons. The fourth-order valence-electron chi connectivity index (χ4n) is 3.83. The van der Waals surface area contributed by atoms with Gasteiger partial charge in [0.15, 0.2) is 22.5 Å². The first kappa shape index (κ1) is 22.2. The zero-order valence-corrected chi connectivity index (χ0v) is 19.1. The Morgan fingerprint density at radius 2 is 1.97 bits per heavy atom. The SMILES string of the molecule is N#CCCN(C(=O)CSc1nnc(-c2ccccc2F)n1C1CC1)c1ccc2c(c1)OCCO2. The Bertz CT molecular complexity index is 1250. The summed E-state index contributed by atoms with van der Waals surface area (Å²) in [6.07, 6.45) is 2.12. The summed E-state index contributed by atoms with van der Waals surface area (Å²) in [4.78, 5) is 14.8. The smallest absolute Gasteiger partial charge is 0.237 e. The minimum absolute atomic E-state index is 0.0992. The fourth-order valence-corrected chi connectivity index (χ4v) is 4.71. The number of carbonyl (C=O) groups excluding carboxylic acids is 1. The molecule has 5 rings (SSSR count). The lowest BCUT2D eigenvalue weighted by Gasteiger charge is -2.24. The van der Waals surface area contributed by atoms with E-state index >= 15 is 0 Å². The average Bonchev–Trinajstić information content (AvgIpc) is 3.62. The number of fused-ring (bicyclic) bond motifs is 1. The summed E-state index contributed by atoms with van der Waals surface area (Å²) >= 11 is 1.27. The van der Waals surface area contributed by atoms with Gasteiger partial charge in [-0.2, -0.15) is 5.26 Å². The van der Waals surface area contributed by atoms with Crippen LogP contribution in [-0.2, 0) is 4.79 Å². The van der Waals surface area contributed by atoms with Gasteiger partial charge in [0.2, 0.25) is 5.91 Å². The van der Waals surface area contributed by atoms with Crippen molar-refractivity contribution in [1.29, 1.82) is 5.26 Å². The maximum absolute atomic E-state index is 14.4. The predicted octanol–water partition coefficient (Wildman–Crippen LogP) is 4.23. The van der Waals surface area contributed by atoms with Gasteiger partial charge in [-0.3, -0.25) is 9.36 Å². The molecular formula is C24H22FN5O3S. The molecule has 1 aliphatic heterocycles. The lowest BCUT2D eigenvalue weighted by Crippen LogP contribution is -2.33. The molecular weight excluding hydrogens is 457 g/mol. The Morgan fingerprint density at radius 1 is 1.18 bits per heavy atom. The lowest BCUT2D eigenvalue weighted by atomic mass is 10.2. The van der Waals surface area contributed by atoms with Crippen LogP contribution < -0.4 is 14.4 Å². The normalized spacial score (nSPS) is 14.5. The molecule has 0 spiro atoms. The van der Waals surface area contributed by atoms with Crippen LogP contribution in [0, 0.1) is 17.1 Å². The first-order valence-corrected chi connectivity index (χ1v) is 12.0. The monoisotopic (exact) mass is 479 g/mol. The van der Waals surface area contributed by atoms with Crippen molar-refractivity contribution in [3.63, 3.8) is 0 Å². The number of aromatic nitrogens is 3. The molecule has 0 unspecified atom stereocenters. The van der Waals surface area contributed by atoms with Gasteiger partial charge in [0.25, 0.3) is 0 Å². The van der Waals surface area contributed by atoms with Crippen LogP contribution in [0.5, 0.6) is 11.5 Å². The molecule has 1 aliphatic carbocycles. The molecule has 174 valence electrons. The van der Waals surface area contributed by atoms with Crippen molar-refractivity contribution >= 4 is 23.4 Å². The summed E-state index contributed by atoms with van der Waals surface area (Å²) in [5, 5.41) is 18.2. The number of thioether (sulfide) groups is 1. The number of rotatable bonds is 8. The molecule has 10 heteroatoms. The lowest BCUT2D eigenvalue weighted by molar-refractivity contribution is -0.116. The van der Waals surface area contributed by atoms with E-state index in [1.54, 1.807) is 41.3 Å². The molecule has 2 heterocycles. The van der Waals surface area contributed by atoms with Crippen LogP contribution in [0.3, 0.4) is 0 Å². The second-order valence-electron chi connectivity index (χ2n) is 7.96. The van der Waals surface area contributed by atoms with Crippen molar-refractivity contribution in [2.45, 2.75) is 30.5 Å². The molecule has 8 nitrogen and oxygen atoms in total. The number of hydrogen-bond acceptors (Lipinski definition) is 7. The highest BCUT2D eigenvalue weighted by atomic mass is 32.2. The molecule has 2 aliphatic rings. The molecule has 0 bridgehead atoms. The van der Waals surface area contributed by atoms with E-state index in [-0.39, 0.29) is 36.5 Å². The molecule has 1 saturated carbocycles. The van der Waals surface area contributed by atoms with Crippen LogP contribution in [0.1, 0.15) is 25.3 Å². The van der Waals surface area contributed by atoms with Crippen molar-refractivity contribution < 1.29 is 18.7 Å². The van der Waals surface area contributed by atoms with Crippen LogP contribution in [0.25, 0.3) is 11.4 Å². The van der Waals surface area contributed by atoms with Crippen LogP contribution in [-0.4, -0.2) is 46.2 Å². The standard InChI is InChI=1S/C24H22FN5O3S/c25-19-5-2-1-4-18(19)23-27-28-24(30(23)16-6-7-16)34-15-22(31)29(11-3-10-26)17-8-9-20-21(14-17)33-13-12-32-20/h1-2,4-5,8-9,14,16H,3,6-7,11-13,15H2. The molecule has 3 aromatic rings. The van der Waals surface area contributed by atoms with Gasteiger partial charge in [0.05, 0.1) is 23.8 Å². The van der Waals surface area contributed by atoms with E-state index < -0.39 is 0 Å². The zero-order valence-electron chi connectivity index (χ0n) is 18.3. The summed E-state index contributed by atoms with van der Waals surface area (Å²) in [6.45, 7) is 1.18. The van der Waals surface area contributed by atoms with E-state index in [4.69, 9.17) is 14.7 Å². The van der Waals surface area contributed by atoms with E-state index in [0.29, 0.717) is 46.9 Å². The van der Waals surface area contributed by atoms with Crippen LogP contribution in [0.4, 0.5) is 10.1 Å². The first-order valence-electron chi connectivity index (χ1n) is 11.1. The molecule has 1 amide bonds. The fraction of sp³-hybridized carbons (Fsp3) is 0.333. The number of amides is 1. The molecule has 2 aromatic carbocycles. The number of halogens is 1. The van der Waals surface area contributed by atoms with Crippen molar-refractivity contribution in [3.8, 4) is 29.0 Å². The third-order valence-electron chi connectivity index (χ3n) is 5.60. The summed E-state index contributed by atoms with van der Waals surface area (Å²) in [5.74, 6) is 1.26. The van der Waals surface area contributed by atoms with Gasteiger partial charge in [-0.05, 0) is 37.1 Å². The number of nitrogens with zero attached hydrogens (tertiary/aromatic N) is 5. The van der Waals surface area contributed by atoms with Crippen molar-refractivity contribution in [1.82, 2.24) is 14.8 Å². The highest BCUT2D eigenvalue weighted by Crippen LogP contribution is 2.41. The van der Waals surface area contributed by atoms with E-state index in [2.05, 4.69) is 16.3 Å². The molecule has 1 fully saturated rings. The van der Waals surface area contributed by atoms with Crippen LogP contribution in [0.15, 0.2) is 47.6 Å².